The summed E-state index contributed by atoms with van der Waals surface area (Å²) < 4.78 is 22.9. The van der Waals surface area contributed by atoms with Gasteiger partial charge in [-0.3, -0.25) is 4.79 Å². The first-order chi connectivity index (χ1) is 9.35. The Hall–Kier alpha value is -0.620. The van der Waals surface area contributed by atoms with Crippen molar-refractivity contribution >= 4 is 15.8 Å². The predicted molar refractivity (Wildman–Crippen MR) is 79.6 cm³/mol. The highest BCUT2D eigenvalue weighted by atomic mass is 32.2. The van der Waals surface area contributed by atoms with Crippen LogP contribution in [0.4, 0.5) is 0 Å². The number of nitrogens with zero attached hydrogens (tertiary/aromatic N) is 1. The van der Waals surface area contributed by atoms with E-state index in [4.69, 9.17) is 0 Å². The molecule has 0 aromatic rings. The van der Waals surface area contributed by atoms with Crippen LogP contribution in [0.5, 0.6) is 0 Å². The first-order valence-electron chi connectivity index (χ1n) is 7.51. The Labute approximate surface area is 122 Å². The first kappa shape index (κ1) is 17.4. The fraction of sp³-hybridized carbons (Fsp3) is 0.929. The molecule has 0 bridgehead atoms. The Morgan fingerprint density at radius 1 is 1.35 bits per heavy atom. The highest BCUT2D eigenvalue weighted by Gasteiger charge is 2.41. The van der Waals surface area contributed by atoms with Gasteiger partial charge in [0.2, 0.25) is 0 Å². The third kappa shape index (κ3) is 4.74. The van der Waals surface area contributed by atoms with Crippen LogP contribution < -0.4 is 0 Å². The van der Waals surface area contributed by atoms with Crippen molar-refractivity contribution in [3.63, 3.8) is 0 Å². The third-order valence-corrected chi connectivity index (χ3v) is 6.00. The maximum Gasteiger partial charge on any atom is 0.310 e. The minimum absolute atomic E-state index is 0.182. The van der Waals surface area contributed by atoms with Gasteiger partial charge < -0.3 is 10.0 Å². The normalized spacial score (nSPS) is 24.7. The molecule has 1 atom stereocenters. The maximum atomic E-state index is 11.6. The van der Waals surface area contributed by atoms with Gasteiger partial charge in [0.1, 0.15) is 9.84 Å². The second-order valence-electron chi connectivity index (χ2n) is 5.81. The zero-order valence-corrected chi connectivity index (χ0v) is 13.4. The SMILES string of the molecule is CCCC1(C(=O)O)CCCN(CCCS(=O)(=O)CC)C1. The smallest absolute Gasteiger partial charge is 0.310 e. The average molecular weight is 305 g/mol. The summed E-state index contributed by atoms with van der Waals surface area (Å²) in [7, 11) is -2.92. The van der Waals surface area contributed by atoms with Crippen LogP contribution in [0.25, 0.3) is 0 Å². The number of piperidine rings is 1. The number of hydrogen-bond acceptors (Lipinski definition) is 4. The molecule has 5 nitrogen and oxygen atoms in total. The molecule has 1 heterocycles. The lowest BCUT2D eigenvalue weighted by Crippen LogP contribution is -2.48. The van der Waals surface area contributed by atoms with E-state index in [1.165, 1.54) is 0 Å². The van der Waals surface area contributed by atoms with Crippen molar-refractivity contribution in [1.29, 1.82) is 0 Å². The number of aliphatic carboxylic acids is 1. The fourth-order valence-electron chi connectivity index (χ4n) is 3.03. The van der Waals surface area contributed by atoms with Gasteiger partial charge in [-0.15, -0.1) is 0 Å². The summed E-state index contributed by atoms with van der Waals surface area (Å²) in [5, 5.41) is 9.51. The Bertz CT molecular complexity index is 417. The zero-order valence-electron chi connectivity index (χ0n) is 12.6. The Morgan fingerprint density at radius 3 is 2.60 bits per heavy atom. The third-order valence-electron chi connectivity index (χ3n) is 4.21. The molecule has 6 heteroatoms. The lowest BCUT2D eigenvalue weighted by Gasteiger charge is -2.40. The van der Waals surface area contributed by atoms with E-state index in [0.717, 1.165) is 25.8 Å². The van der Waals surface area contributed by atoms with Gasteiger partial charge >= 0.3 is 5.97 Å². The topological polar surface area (TPSA) is 74.7 Å². The number of carboxylic acids is 1. The summed E-state index contributed by atoms with van der Waals surface area (Å²) in [5.74, 6) is -0.319. The molecular weight excluding hydrogens is 278 g/mol. The molecule has 0 spiro atoms. The van der Waals surface area contributed by atoms with E-state index in [2.05, 4.69) is 4.90 Å². The number of hydrogen-bond donors (Lipinski definition) is 1. The minimum Gasteiger partial charge on any atom is -0.481 e. The number of rotatable bonds is 8. The molecule has 1 aliphatic heterocycles. The van der Waals surface area contributed by atoms with E-state index >= 15 is 0 Å². The monoisotopic (exact) mass is 305 g/mol. The van der Waals surface area contributed by atoms with Gasteiger partial charge in [-0.25, -0.2) is 8.42 Å². The van der Waals surface area contributed by atoms with Crippen LogP contribution in [0.15, 0.2) is 0 Å². The standard InChI is InChI=1S/C14H27NO4S/c1-3-7-14(13(16)17)8-5-9-15(12-14)10-6-11-20(18,19)4-2/h3-12H2,1-2H3,(H,16,17). The number of likely N-dealkylation sites (tertiary alicyclic amines) is 1. The summed E-state index contributed by atoms with van der Waals surface area (Å²) in [4.78, 5) is 13.7. The van der Waals surface area contributed by atoms with Crippen molar-refractivity contribution in [2.45, 2.75) is 46.0 Å². The van der Waals surface area contributed by atoms with Gasteiger partial charge in [0.05, 0.1) is 11.2 Å². The van der Waals surface area contributed by atoms with E-state index < -0.39 is 21.2 Å². The molecule has 0 aromatic carbocycles. The van der Waals surface area contributed by atoms with Crippen molar-refractivity contribution < 1.29 is 18.3 Å². The van der Waals surface area contributed by atoms with Crippen molar-refractivity contribution in [2.75, 3.05) is 31.1 Å². The molecule has 1 rings (SSSR count). The van der Waals surface area contributed by atoms with Gasteiger partial charge in [-0.1, -0.05) is 20.3 Å². The van der Waals surface area contributed by atoms with Crippen LogP contribution in [-0.4, -0.2) is 55.5 Å². The molecule has 1 unspecified atom stereocenters. The summed E-state index contributed by atoms with van der Waals surface area (Å²) in [5.41, 5.74) is -0.628. The Morgan fingerprint density at radius 2 is 2.05 bits per heavy atom. The lowest BCUT2D eigenvalue weighted by atomic mass is 9.76. The molecule has 20 heavy (non-hydrogen) atoms. The quantitative estimate of drug-likeness (QED) is 0.740. The zero-order chi connectivity index (χ0) is 15.2. The molecule has 118 valence electrons. The summed E-state index contributed by atoms with van der Waals surface area (Å²) in [6.45, 7) is 5.79. The van der Waals surface area contributed by atoms with E-state index in [-0.39, 0.29) is 11.5 Å². The van der Waals surface area contributed by atoms with E-state index in [9.17, 15) is 18.3 Å². The largest absolute Gasteiger partial charge is 0.481 e. The van der Waals surface area contributed by atoms with E-state index in [0.29, 0.717) is 25.9 Å². The summed E-state index contributed by atoms with van der Waals surface area (Å²) in [6, 6.07) is 0. The lowest BCUT2D eigenvalue weighted by molar-refractivity contribution is -0.153. The molecule has 1 fully saturated rings. The molecule has 0 aliphatic carbocycles. The molecule has 1 N–H and O–H groups in total. The molecule has 1 saturated heterocycles. The van der Waals surface area contributed by atoms with E-state index in [1.54, 1.807) is 6.92 Å². The maximum absolute atomic E-state index is 11.6. The van der Waals surface area contributed by atoms with Crippen molar-refractivity contribution in [1.82, 2.24) is 4.90 Å². The second-order valence-corrected chi connectivity index (χ2v) is 8.28. The molecule has 0 radical (unpaired) electrons. The first-order valence-corrected chi connectivity index (χ1v) is 9.33. The van der Waals surface area contributed by atoms with Crippen LogP contribution in [0.3, 0.4) is 0 Å². The van der Waals surface area contributed by atoms with Gasteiger partial charge in [0, 0.05) is 12.3 Å². The molecule has 1 aliphatic rings. The number of sulfone groups is 1. The number of carboxylic acid groups (broad SMARTS) is 1. The van der Waals surface area contributed by atoms with Gasteiger partial charge in [-0.2, -0.15) is 0 Å². The van der Waals surface area contributed by atoms with Crippen molar-refractivity contribution in [2.24, 2.45) is 5.41 Å². The Kier molecular flexibility index (Phi) is 6.45. The van der Waals surface area contributed by atoms with Gasteiger partial charge in [0.15, 0.2) is 0 Å². The molecular formula is C14H27NO4S. The van der Waals surface area contributed by atoms with Gasteiger partial charge in [0.25, 0.3) is 0 Å². The van der Waals surface area contributed by atoms with E-state index in [1.807, 2.05) is 6.92 Å². The van der Waals surface area contributed by atoms with Crippen LogP contribution in [0, 0.1) is 5.41 Å². The highest BCUT2D eigenvalue weighted by molar-refractivity contribution is 7.91. The van der Waals surface area contributed by atoms with Crippen LogP contribution in [-0.2, 0) is 14.6 Å². The van der Waals surface area contributed by atoms with Gasteiger partial charge in [-0.05, 0) is 38.8 Å². The minimum atomic E-state index is -2.92. The second kappa shape index (κ2) is 7.41. The average Bonchev–Trinajstić information content (AvgIpc) is 2.39. The Balaban J connectivity index is 2.54. The van der Waals surface area contributed by atoms with Crippen LogP contribution >= 0.6 is 0 Å². The van der Waals surface area contributed by atoms with Crippen LogP contribution in [0.2, 0.25) is 0 Å². The molecule has 0 amide bonds. The van der Waals surface area contributed by atoms with Crippen molar-refractivity contribution in [3.05, 3.63) is 0 Å². The highest BCUT2D eigenvalue weighted by Crippen LogP contribution is 2.35. The summed E-state index contributed by atoms with van der Waals surface area (Å²) in [6.07, 6.45) is 3.78. The molecule has 0 saturated carbocycles. The number of carbonyl (C=O) groups is 1. The molecule has 0 aromatic heterocycles. The van der Waals surface area contributed by atoms with Crippen LogP contribution in [0.1, 0.15) is 46.0 Å². The fourth-order valence-corrected chi connectivity index (χ4v) is 3.89. The predicted octanol–water partition coefficient (Wildman–Crippen LogP) is 1.78. The van der Waals surface area contributed by atoms with Crippen molar-refractivity contribution in [3.8, 4) is 0 Å². The summed E-state index contributed by atoms with van der Waals surface area (Å²) >= 11 is 0.